The van der Waals surface area contributed by atoms with E-state index in [9.17, 15) is 4.79 Å². The second-order valence-electron chi connectivity index (χ2n) is 12.7. The Bertz CT molecular complexity index is 1180. The second-order valence-corrected chi connectivity index (χ2v) is 12.7. The summed E-state index contributed by atoms with van der Waals surface area (Å²) in [6, 6.07) is 23.2. The summed E-state index contributed by atoms with van der Waals surface area (Å²) in [5.74, 6) is 0.896. The van der Waals surface area contributed by atoms with E-state index in [1.165, 1.54) is 102 Å². The van der Waals surface area contributed by atoms with Gasteiger partial charge in [-0.2, -0.15) is 0 Å². The van der Waals surface area contributed by atoms with Gasteiger partial charge in [0.25, 0.3) is 0 Å². The summed E-state index contributed by atoms with van der Waals surface area (Å²) in [4.78, 5) is 12.6. The molecule has 0 bridgehead atoms. The number of hydrogen-bond acceptors (Lipinski definition) is 4. The van der Waals surface area contributed by atoms with Crippen LogP contribution in [0.4, 0.5) is 0 Å². The topological polar surface area (TPSA) is 44.8 Å². The summed E-state index contributed by atoms with van der Waals surface area (Å²) < 4.78 is 17.3. The quantitative estimate of drug-likeness (QED) is 0.0532. The van der Waals surface area contributed by atoms with E-state index < -0.39 is 0 Å². The van der Waals surface area contributed by atoms with Crippen LogP contribution in [0.15, 0.2) is 72.8 Å². The van der Waals surface area contributed by atoms with Gasteiger partial charge < -0.3 is 14.2 Å². The maximum atomic E-state index is 12.6. The zero-order valence-corrected chi connectivity index (χ0v) is 29.1. The zero-order valence-electron chi connectivity index (χ0n) is 29.1. The van der Waals surface area contributed by atoms with E-state index in [4.69, 9.17) is 14.2 Å². The Morgan fingerprint density at radius 3 is 1.48 bits per heavy atom. The Morgan fingerprint density at radius 2 is 0.978 bits per heavy atom. The lowest BCUT2D eigenvalue weighted by Crippen LogP contribution is -2.08. The molecule has 0 aliphatic heterocycles. The molecule has 3 aromatic carbocycles. The summed E-state index contributed by atoms with van der Waals surface area (Å²) >= 11 is 0. The molecule has 0 saturated carbocycles. The monoisotopic (exact) mass is 628 g/mol. The molecular weight excluding hydrogens is 568 g/mol. The van der Waals surface area contributed by atoms with Gasteiger partial charge >= 0.3 is 5.97 Å². The Labute approximate surface area is 280 Å². The summed E-state index contributed by atoms with van der Waals surface area (Å²) in [6.45, 7) is 7.97. The number of esters is 1. The van der Waals surface area contributed by atoms with Crippen molar-refractivity contribution < 1.29 is 19.0 Å². The molecule has 0 saturated heterocycles. The SMILES string of the molecule is CCCCCCCCCCCCCCCCCCOC(C)c1ccc(-c2ccc(C(=O)Oc3ccc(OCCC)cc3)cc2)cc1. The van der Waals surface area contributed by atoms with Crippen LogP contribution in [-0.4, -0.2) is 19.2 Å². The highest BCUT2D eigenvalue weighted by Crippen LogP contribution is 2.25. The van der Waals surface area contributed by atoms with Crippen LogP contribution in [0, 0.1) is 0 Å². The Hall–Kier alpha value is -3.11. The number of ether oxygens (including phenoxy) is 3. The average Bonchev–Trinajstić information content (AvgIpc) is 3.09. The number of benzene rings is 3. The molecular formula is C42H60O4. The third-order valence-corrected chi connectivity index (χ3v) is 8.71. The first-order valence-corrected chi connectivity index (χ1v) is 18.4. The normalized spacial score (nSPS) is 11.8. The first-order chi connectivity index (χ1) is 22.6. The van der Waals surface area contributed by atoms with Crippen LogP contribution in [-0.2, 0) is 4.74 Å². The van der Waals surface area contributed by atoms with Gasteiger partial charge in [0.1, 0.15) is 11.5 Å². The summed E-state index contributed by atoms with van der Waals surface area (Å²) in [6.07, 6.45) is 23.1. The molecule has 0 spiro atoms. The van der Waals surface area contributed by atoms with E-state index >= 15 is 0 Å². The maximum Gasteiger partial charge on any atom is 0.343 e. The Balaban J connectivity index is 1.24. The minimum atomic E-state index is -0.376. The van der Waals surface area contributed by atoms with E-state index in [0.717, 1.165) is 36.3 Å². The first kappa shape index (κ1) is 37.3. The number of carbonyl (C=O) groups excluding carboxylic acids is 1. The molecule has 0 aromatic heterocycles. The highest BCUT2D eigenvalue weighted by molar-refractivity contribution is 5.91. The molecule has 0 amide bonds. The van der Waals surface area contributed by atoms with Crippen molar-refractivity contribution in [3.05, 3.63) is 83.9 Å². The summed E-state index contributed by atoms with van der Waals surface area (Å²) in [5, 5.41) is 0. The van der Waals surface area contributed by atoms with Crippen LogP contribution in [0.5, 0.6) is 11.5 Å². The van der Waals surface area contributed by atoms with Gasteiger partial charge in [0, 0.05) is 6.61 Å². The molecule has 1 atom stereocenters. The fourth-order valence-corrected chi connectivity index (χ4v) is 5.74. The molecule has 4 nitrogen and oxygen atoms in total. The maximum absolute atomic E-state index is 12.6. The highest BCUT2D eigenvalue weighted by Gasteiger charge is 2.11. The van der Waals surface area contributed by atoms with Gasteiger partial charge in [-0.05, 0) is 72.9 Å². The van der Waals surface area contributed by atoms with Crippen LogP contribution in [0.2, 0.25) is 0 Å². The highest BCUT2D eigenvalue weighted by atomic mass is 16.5. The third-order valence-electron chi connectivity index (χ3n) is 8.71. The lowest BCUT2D eigenvalue weighted by molar-refractivity contribution is 0.0627. The van der Waals surface area contributed by atoms with Crippen molar-refractivity contribution in [3.63, 3.8) is 0 Å². The van der Waals surface area contributed by atoms with Gasteiger partial charge in [-0.3, -0.25) is 0 Å². The lowest BCUT2D eigenvalue weighted by atomic mass is 10.0. The van der Waals surface area contributed by atoms with Crippen LogP contribution >= 0.6 is 0 Å². The predicted octanol–water partition coefficient (Wildman–Crippen LogP) is 12.7. The number of carbonyl (C=O) groups is 1. The van der Waals surface area contributed by atoms with Crippen molar-refractivity contribution in [1.29, 1.82) is 0 Å². The molecule has 0 aliphatic carbocycles. The van der Waals surface area contributed by atoms with Gasteiger partial charge in [-0.25, -0.2) is 4.79 Å². The largest absolute Gasteiger partial charge is 0.494 e. The number of unbranched alkanes of at least 4 members (excludes halogenated alkanes) is 15. The molecule has 0 radical (unpaired) electrons. The summed E-state index contributed by atoms with van der Waals surface area (Å²) in [5.41, 5.74) is 3.87. The molecule has 46 heavy (non-hydrogen) atoms. The Morgan fingerprint density at radius 1 is 0.522 bits per heavy atom. The molecule has 3 aromatic rings. The molecule has 0 fully saturated rings. The van der Waals surface area contributed by atoms with Gasteiger partial charge in [0.2, 0.25) is 0 Å². The molecule has 4 heteroatoms. The van der Waals surface area contributed by atoms with E-state index in [1.54, 1.807) is 12.1 Å². The van der Waals surface area contributed by atoms with Gasteiger partial charge in [-0.15, -0.1) is 0 Å². The summed E-state index contributed by atoms with van der Waals surface area (Å²) in [7, 11) is 0. The molecule has 0 heterocycles. The van der Waals surface area contributed by atoms with Crippen molar-refractivity contribution >= 4 is 5.97 Å². The van der Waals surface area contributed by atoms with Gasteiger partial charge in [0.15, 0.2) is 0 Å². The molecule has 0 aliphatic rings. The van der Waals surface area contributed by atoms with Crippen LogP contribution in [0.3, 0.4) is 0 Å². The average molecular weight is 629 g/mol. The van der Waals surface area contributed by atoms with Crippen molar-refractivity contribution in [2.24, 2.45) is 0 Å². The predicted molar refractivity (Wildman–Crippen MR) is 193 cm³/mol. The smallest absolute Gasteiger partial charge is 0.343 e. The lowest BCUT2D eigenvalue weighted by Gasteiger charge is -2.14. The minimum Gasteiger partial charge on any atom is -0.494 e. The van der Waals surface area contributed by atoms with E-state index in [0.29, 0.717) is 17.9 Å². The standard InChI is InChI=1S/C42H60O4/c1-4-6-7-8-9-10-11-12-13-14-15-16-17-18-19-20-34-44-35(3)36-21-23-37(24-22-36)38-25-27-39(28-26-38)42(43)46-41-31-29-40(30-32-41)45-33-5-2/h21-32,35H,4-20,33-34H2,1-3H3. The van der Waals surface area contributed by atoms with Crippen LogP contribution < -0.4 is 9.47 Å². The molecule has 3 rings (SSSR count). The van der Waals surface area contributed by atoms with Crippen LogP contribution in [0.1, 0.15) is 152 Å². The molecule has 1 unspecified atom stereocenters. The fourth-order valence-electron chi connectivity index (χ4n) is 5.74. The van der Waals surface area contributed by atoms with Gasteiger partial charge in [0.05, 0.1) is 18.3 Å². The minimum absolute atomic E-state index is 0.0785. The van der Waals surface area contributed by atoms with Gasteiger partial charge in [-0.1, -0.05) is 147 Å². The van der Waals surface area contributed by atoms with E-state index in [2.05, 4.69) is 45.0 Å². The molecule has 0 N–H and O–H groups in total. The van der Waals surface area contributed by atoms with Crippen molar-refractivity contribution in [1.82, 2.24) is 0 Å². The van der Waals surface area contributed by atoms with E-state index in [-0.39, 0.29) is 12.1 Å². The van der Waals surface area contributed by atoms with E-state index in [1.807, 2.05) is 36.4 Å². The van der Waals surface area contributed by atoms with Crippen molar-refractivity contribution in [2.75, 3.05) is 13.2 Å². The second kappa shape index (κ2) is 23.2. The van der Waals surface area contributed by atoms with Crippen molar-refractivity contribution in [3.8, 4) is 22.6 Å². The zero-order chi connectivity index (χ0) is 32.7. The number of rotatable bonds is 25. The Kier molecular flexibility index (Phi) is 18.9. The van der Waals surface area contributed by atoms with Crippen molar-refractivity contribution in [2.45, 2.75) is 136 Å². The molecule has 252 valence electrons. The van der Waals surface area contributed by atoms with Crippen LogP contribution in [0.25, 0.3) is 11.1 Å². The third kappa shape index (κ3) is 15.0. The number of hydrogen-bond donors (Lipinski definition) is 0. The fraction of sp³-hybridized carbons (Fsp3) is 0.548. The first-order valence-electron chi connectivity index (χ1n) is 18.4.